The Hall–Kier alpha value is -0.0600. The van der Waals surface area contributed by atoms with Crippen LogP contribution in [0.1, 0.15) is 75.4 Å². The van der Waals surface area contributed by atoms with Crippen molar-refractivity contribution in [3.05, 3.63) is 15.6 Å². The molecule has 0 aromatic carbocycles. The van der Waals surface area contributed by atoms with Gasteiger partial charge in [0, 0.05) is 27.8 Å². The van der Waals surface area contributed by atoms with E-state index in [0.29, 0.717) is 0 Å². The molecule has 1 aliphatic rings. The number of thiazole rings is 1. The minimum Gasteiger partial charge on any atom is -0.312 e. The average molecular weight is 327 g/mol. The summed E-state index contributed by atoms with van der Waals surface area (Å²) < 4.78 is 0. The van der Waals surface area contributed by atoms with Gasteiger partial charge in [-0.1, -0.05) is 47.0 Å². The Balaban J connectivity index is 2.00. The maximum atomic E-state index is 4.98. The lowest BCUT2D eigenvalue weighted by Crippen LogP contribution is -2.18. The van der Waals surface area contributed by atoms with Crippen LogP contribution in [0.3, 0.4) is 0 Å². The summed E-state index contributed by atoms with van der Waals surface area (Å²) in [5, 5.41) is 5.66. The third-order valence-electron chi connectivity index (χ3n) is 3.98. The molecule has 0 saturated heterocycles. The monoisotopic (exact) mass is 326 g/mol. The lowest BCUT2D eigenvalue weighted by Gasteiger charge is -2.20. The predicted molar refractivity (Wildman–Crippen MR) is 96.4 cm³/mol. The number of nitrogens with zero attached hydrogens (tertiary/aromatic N) is 1. The van der Waals surface area contributed by atoms with Crippen LogP contribution < -0.4 is 5.32 Å². The van der Waals surface area contributed by atoms with E-state index in [1.165, 1.54) is 47.7 Å². The lowest BCUT2D eigenvalue weighted by atomic mass is 9.91. The van der Waals surface area contributed by atoms with Gasteiger partial charge in [0.2, 0.25) is 0 Å². The number of nitrogens with one attached hydrogen (secondary N) is 1. The second kappa shape index (κ2) is 7.98. The Morgan fingerprint density at radius 2 is 1.95 bits per heavy atom. The van der Waals surface area contributed by atoms with E-state index in [1.54, 1.807) is 0 Å². The Bertz CT molecular complexity index is 428. The van der Waals surface area contributed by atoms with Gasteiger partial charge in [-0.3, -0.25) is 0 Å². The first-order valence-electron chi connectivity index (χ1n) is 8.32. The van der Waals surface area contributed by atoms with Crippen LogP contribution in [-0.2, 0) is 17.7 Å². The van der Waals surface area contributed by atoms with Gasteiger partial charge in [-0.05, 0) is 19.4 Å². The van der Waals surface area contributed by atoms with Crippen molar-refractivity contribution in [2.24, 2.45) is 0 Å². The van der Waals surface area contributed by atoms with Crippen molar-refractivity contribution in [3.8, 4) is 0 Å². The first-order valence-corrected chi connectivity index (χ1v) is 10.2. The summed E-state index contributed by atoms with van der Waals surface area (Å²) in [7, 11) is 0. The summed E-state index contributed by atoms with van der Waals surface area (Å²) in [5.41, 5.74) is 1.45. The molecule has 4 heteroatoms. The molecule has 1 fully saturated rings. The molecule has 1 aromatic heterocycles. The van der Waals surface area contributed by atoms with Crippen molar-refractivity contribution >= 4 is 23.1 Å². The van der Waals surface area contributed by atoms with E-state index >= 15 is 0 Å². The molecule has 1 heterocycles. The van der Waals surface area contributed by atoms with Crippen molar-refractivity contribution in [2.45, 2.75) is 82.8 Å². The molecule has 2 rings (SSSR count). The van der Waals surface area contributed by atoms with Crippen molar-refractivity contribution < 1.29 is 0 Å². The number of hydrogen-bond donors (Lipinski definition) is 1. The second-order valence-corrected chi connectivity index (χ2v) is 9.44. The van der Waals surface area contributed by atoms with E-state index in [4.69, 9.17) is 4.98 Å². The molecule has 0 spiro atoms. The molecule has 0 atom stereocenters. The lowest BCUT2D eigenvalue weighted by molar-refractivity contribution is 0.516. The first kappa shape index (κ1) is 17.3. The Labute approximate surface area is 138 Å². The summed E-state index contributed by atoms with van der Waals surface area (Å²) in [4.78, 5) is 6.41. The molecule has 2 nitrogen and oxygen atoms in total. The van der Waals surface area contributed by atoms with Crippen LogP contribution in [0.5, 0.6) is 0 Å². The Morgan fingerprint density at radius 1 is 1.24 bits per heavy atom. The zero-order chi connectivity index (χ0) is 15.3. The van der Waals surface area contributed by atoms with E-state index in [2.05, 4.69) is 44.8 Å². The van der Waals surface area contributed by atoms with Crippen LogP contribution >= 0.6 is 23.1 Å². The standard InChI is InChI=1S/C17H30N2S2/c1-5-18-11-14-16(17(2,3)4)19-15(21-14)12-20-13-9-7-6-8-10-13/h13,18H,5-12H2,1-4H3. The van der Waals surface area contributed by atoms with Gasteiger partial charge < -0.3 is 5.32 Å². The topological polar surface area (TPSA) is 24.9 Å². The van der Waals surface area contributed by atoms with E-state index < -0.39 is 0 Å². The molecule has 1 aliphatic carbocycles. The quantitative estimate of drug-likeness (QED) is 0.785. The molecule has 1 saturated carbocycles. The van der Waals surface area contributed by atoms with Gasteiger partial charge >= 0.3 is 0 Å². The molecule has 1 N–H and O–H groups in total. The molecule has 0 radical (unpaired) electrons. The molecule has 21 heavy (non-hydrogen) atoms. The third kappa shape index (κ3) is 5.26. The zero-order valence-corrected chi connectivity index (χ0v) is 15.6. The Kier molecular flexibility index (Phi) is 6.57. The van der Waals surface area contributed by atoms with Crippen molar-refractivity contribution in [1.29, 1.82) is 0 Å². The summed E-state index contributed by atoms with van der Waals surface area (Å²) in [6.07, 6.45) is 7.11. The molecular weight excluding hydrogens is 296 g/mol. The highest BCUT2D eigenvalue weighted by atomic mass is 32.2. The van der Waals surface area contributed by atoms with Crippen LogP contribution in [-0.4, -0.2) is 16.8 Å². The van der Waals surface area contributed by atoms with E-state index in [-0.39, 0.29) is 5.41 Å². The molecular formula is C17H30N2S2. The summed E-state index contributed by atoms with van der Waals surface area (Å²) in [6.45, 7) is 11.0. The second-order valence-electron chi connectivity index (χ2n) is 6.98. The smallest absolute Gasteiger partial charge is 0.103 e. The summed E-state index contributed by atoms with van der Waals surface area (Å²) in [5.74, 6) is 1.10. The predicted octanol–water partition coefficient (Wildman–Crippen LogP) is 5.12. The van der Waals surface area contributed by atoms with Crippen molar-refractivity contribution in [1.82, 2.24) is 10.3 Å². The Morgan fingerprint density at radius 3 is 2.57 bits per heavy atom. The zero-order valence-electron chi connectivity index (χ0n) is 14.0. The van der Waals surface area contributed by atoms with Crippen molar-refractivity contribution in [3.63, 3.8) is 0 Å². The van der Waals surface area contributed by atoms with Crippen LogP contribution in [0.4, 0.5) is 0 Å². The van der Waals surface area contributed by atoms with Crippen LogP contribution in [0.2, 0.25) is 0 Å². The van der Waals surface area contributed by atoms with E-state index in [1.807, 2.05) is 11.3 Å². The van der Waals surface area contributed by atoms with Crippen LogP contribution in [0.15, 0.2) is 0 Å². The maximum absolute atomic E-state index is 4.98. The van der Waals surface area contributed by atoms with Gasteiger partial charge in [-0.15, -0.1) is 11.3 Å². The number of aromatic nitrogens is 1. The van der Waals surface area contributed by atoms with Gasteiger partial charge in [0.15, 0.2) is 0 Å². The normalized spacial score (nSPS) is 17.3. The molecule has 0 bridgehead atoms. The van der Waals surface area contributed by atoms with Crippen LogP contribution in [0, 0.1) is 0 Å². The highest BCUT2D eigenvalue weighted by Gasteiger charge is 2.23. The SMILES string of the molecule is CCNCc1sc(CSC2CCCCC2)nc1C(C)(C)C. The molecule has 0 unspecified atom stereocenters. The largest absolute Gasteiger partial charge is 0.312 e. The van der Waals surface area contributed by atoms with Crippen molar-refractivity contribution in [2.75, 3.05) is 6.54 Å². The minimum atomic E-state index is 0.148. The molecule has 0 aliphatic heterocycles. The van der Waals surface area contributed by atoms with Gasteiger partial charge in [0.05, 0.1) is 5.69 Å². The third-order valence-corrected chi connectivity index (χ3v) is 6.60. The van der Waals surface area contributed by atoms with Gasteiger partial charge in [0.1, 0.15) is 5.01 Å². The van der Waals surface area contributed by atoms with E-state index in [9.17, 15) is 0 Å². The summed E-state index contributed by atoms with van der Waals surface area (Å²) >= 11 is 4.05. The van der Waals surface area contributed by atoms with Gasteiger partial charge in [-0.25, -0.2) is 4.98 Å². The molecule has 120 valence electrons. The fraction of sp³-hybridized carbons (Fsp3) is 0.824. The highest BCUT2D eigenvalue weighted by Crippen LogP contribution is 2.34. The summed E-state index contributed by atoms with van der Waals surface area (Å²) in [6, 6.07) is 0. The fourth-order valence-corrected chi connectivity index (χ4v) is 5.42. The van der Waals surface area contributed by atoms with E-state index in [0.717, 1.165) is 24.1 Å². The highest BCUT2D eigenvalue weighted by molar-refractivity contribution is 7.99. The number of thioether (sulfide) groups is 1. The average Bonchev–Trinajstić information content (AvgIpc) is 2.87. The number of rotatable bonds is 6. The number of hydrogen-bond acceptors (Lipinski definition) is 4. The van der Waals surface area contributed by atoms with Gasteiger partial charge in [-0.2, -0.15) is 11.8 Å². The first-order chi connectivity index (χ1) is 10.0. The molecule has 0 amide bonds. The minimum absolute atomic E-state index is 0.148. The van der Waals surface area contributed by atoms with Gasteiger partial charge in [0.25, 0.3) is 0 Å². The maximum Gasteiger partial charge on any atom is 0.103 e. The fourth-order valence-electron chi connectivity index (χ4n) is 2.83. The van der Waals surface area contributed by atoms with Crippen LogP contribution in [0.25, 0.3) is 0 Å². The molecule has 1 aromatic rings.